The fraction of sp³-hybridized carbons (Fsp3) is 0.579. The Balaban J connectivity index is 1.46. The first kappa shape index (κ1) is 19.8. The third-order valence-electron chi connectivity index (χ3n) is 5.31. The molecule has 0 aromatic heterocycles. The minimum absolute atomic E-state index is 0.0425. The van der Waals surface area contributed by atoms with Crippen LogP contribution in [-0.2, 0) is 30.8 Å². The predicted molar refractivity (Wildman–Crippen MR) is 100 cm³/mol. The average Bonchev–Trinajstić information content (AvgIpc) is 2.66. The number of aryl methyl sites for hydroxylation is 1. The van der Waals surface area contributed by atoms with Gasteiger partial charge in [0.15, 0.2) is 6.61 Å². The molecule has 1 amide bonds. The van der Waals surface area contributed by atoms with Crippen molar-refractivity contribution in [3.05, 3.63) is 35.4 Å². The Morgan fingerprint density at radius 1 is 1.19 bits per heavy atom. The van der Waals surface area contributed by atoms with E-state index in [2.05, 4.69) is 11.4 Å². The fourth-order valence-corrected chi connectivity index (χ4v) is 4.69. The number of piperidine rings is 1. The molecule has 1 aliphatic heterocycles. The number of rotatable bonds is 5. The lowest BCUT2D eigenvalue weighted by Crippen LogP contribution is -2.40. The van der Waals surface area contributed by atoms with Crippen LogP contribution in [0, 0.1) is 5.92 Å². The zero-order valence-corrected chi connectivity index (χ0v) is 16.3. The summed E-state index contributed by atoms with van der Waals surface area (Å²) >= 11 is 0. The number of carbonyl (C=O) groups is 2. The van der Waals surface area contributed by atoms with Crippen LogP contribution < -0.4 is 5.32 Å². The van der Waals surface area contributed by atoms with Gasteiger partial charge in [-0.25, -0.2) is 12.7 Å². The molecule has 1 aliphatic carbocycles. The summed E-state index contributed by atoms with van der Waals surface area (Å²) in [5.74, 6) is -1.09. The van der Waals surface area contributed by atoms with Crippen molar-refractivity contribution in [1.29, 1.82) is 0 Å². The van der Waals surface area contributed by atoms with Crippen molar-refractivity contribution in [3.8, 4) is 0 Å². The molecule has 1 N–H and O–H groups in total. The van der Waals surface area contributed by atoms with E-state index in [1.165, 1.54) is 16.1 Å². The number of nitrogens with zero attached hydrogens (tertiary/aromatic N) is 1. The molecule has 1 saturated heterocycles. The number of nitrogens with one attached hydrogen (secondary N) is 1. The van der Waals surface area contributed by atoms with Crippen molar-refractivity contribution >= 4 is 21.9 Å². The molecule has 3 rings (SSSR count). The van der Waals surface area contributed by atoms with Crippen LogP contribution in [0.15, 0.2) is 24.3 Å². The van der Waals surface area contributed by atoms with Crippen LogP contribution in [0.5, 0.6) is 0 Å². The zero-order chi connectivity index (χ0) is 19.4. The highest BCUT2D eigenvalue weighted by atomic mass is 32.2. The van der Waals surface area contributed by atoms with Crippen LogP contribution in [0.1, 0.15) is 42.9 Å². The summed E-state index contributed by atoms with van der Waals surface area (Å²) < 4.78 is 29.6. The smallest absolute Gasteiger partial charge is 0.309 e. The minimum atomic E-state index is -3.22. The van der Waals surface area contributed by atoms with Gasteiger partial charge in [0.1, 0.15) is 0 Å². The van der Waals surface area contributed by atoms with Gasteiger partial charge in [-0.2, -0.15) is 0 Å². The minimum Gasteiger partial charge on any atom is -0.455 e. The second-order valence-corrected chi connectivity index (χ2v) is 9.24. The number of fused-ring (bicyclic) bond motifs is 1. The molecule has 1 aromatic rings. The number of sulfonamides is 1. The molecule has 1 heterocycles. The van der Waals surface area contributed by atoms with Crippen LogP contribution in [-0.4, -0.2) is 50.6 Å². The first-order valence-electron chi connectivity index (χ1n) is 9.33. The normalized spacial score (nSPS) is 21.3. The van der Waals surface area contributed by atoms with Gasteiger partial charge in [0.25, 0.3) is 5.91 Å². The summed E-state index contributed by atoms with van der Waals surface area (Å²) in [6.07, 6.45) is 4.91. The molecular formula is C19H26N2O5S. The van der Waals surface area contributed by atoms with Crippen LogP contribution in [0.25, 0.3) is 0 Å². The molecule has 0 radical (unpaired) electrons. The summed E-state index contributed by atoms with van der Waals surface area (Å²) in [5.41, 5.74) is 2.39. The van der Waals surface area contributed by atoms with Crippen molar-refractivity contribution in [1.82, 2.24) is 9.62 Å². The van der Waals surface area contributed by atoms with Crippen molar-refractivity contribution in [3.63, 3.8) is 0 Å². The van der Waals surface area contributed by atoms with Crippen molar-refractivity contribution in [2.45, 2.75) is 38.1 Å². The van der Waals surface area contributed by atoms with Gasteiger partial charge in [0, 0.05) is 13.1 Å². The highest BCUT2D eigenvalue weighted by Gasteiger charge is 2.30. The topological polar surface area (TPSA) is 92.8 Å². The Bertz CT molecular complexity index is 800. The molecule has 1 unspecified atom stereocenters. The molecule has 2 aliphatic rings. The third kappa shape index (κ3) is 5.07. The van der Waals surface area contributed by atoms with E-state index in [0.29, 0.717) is 25.9 Å². The molecule has 27 heavy (non-hydrogen) atoms. The SMILES string of the molecule is CS(=O)(=O)N1CCC(C(=O)OCC(=O)NC2CCCc3ccccc32)CC1. The average molecular weight is 394 g/mol. The molecule has 0 spiro atoms. The Labute approximate surface area is 160 Å². The second-order valence-electron chi connectivity index (χ2n) is 7.26. The zero-order valence-electron chi connectivity index (χ0n) is 15.5. The van der Waals surface area contributed by atoms with Crippen molar-refractivity contribution < 1.29 is 22.7 Å². The summed E-state index contributed by atoms with van der Waals surface area (Å²) in [6, 6.07) is 8.03. The van der Waals surface area contributed by atoms with Crippen molar-refractivity contribution in [2.75, 3.05) is 26.0 Å². The van der Waals surface area contributed by atoms with Gasteiger partial charge in [-0.1, -0.05) is 24.3 Å². The molecular weight excluding hydrogens is 368 g/mol. The summed E-state index contributed by atoms with van der Waals surface area (Å²) in [6.45, 7) is 0.317. The van der Waals surface area contributed by atoms with Gasteiger partial charge >= 0.3 is 5.97 Å². The number of benzene rings is 1. The van der Waals surface area contributed by atoms with Gasteiger partial charge in [0.05, 0.1) is 18.2 Å². The van der Waals surface area contributed by atoms with Crippen LogP contribution in [0.4, 0.5) is 0 Å². The lowest BCUT2D eigenvalue weighted by atomic mass is 9.88. The van der Waals surface area contributed by atoms with Crippen LogP contribution in [0.3, 0.4) is 0 Å². The van der Waals surface area contributed by atoms with E-state index >= 15 is 0 Å². The van der Waals surface area contributed by atoms with E-state index in [9.17, 15) is 18.0 Å². The Kier molecular flexibility index (Phi) is 6.16. The quantitative estimate of drug-likeness (QED) is 0.762. The van der Waals surface area contributed by atoms with Gasteiger partial charge in [-0.3, -0.25) is 9.59 Å². The van der Waals surface area contributed by atoms with Gasteiger partial charge < -0.3 is 10.1 Å². The maximum atomic E-state index is 12.2. The van der Waals surface area contributed by atoms with Crippen LogP contribution in [0.2, 0.25) is 0 Å². The molecule has 0 saturated carbocycles. The highest BCUT2D eigenvalue weighted by Crippen LogP contribution is 2.29. The van der Waals surface area contributed by atoms with Crippen molar-refractivity contribution in [2.24, 2.45) is 5.92 Å². The van der Waals surface area contributed by atoms with E-state index in [1.54, 1.807) is 0 Å². The van der Waals surface area contributed by atoms with Gasteiger partial charge in [-0.05, 0) is 43.2 Å². The van der Waals surface area contributed by atoms with E-state index in [1.807, 2.05) is 18.2 Å². The maximum absolute atomic E-state index is 12.2. The van der Waals surface area contributed by atoms with E-state index < -0.39 is 16.0 Å². The Morgan fingerprint density at radius 3 is 2.59 bits per heavy atom. The fourth-order valence-electron chi connectivity index (χ4n) is 3.82. The molecule has 1 atom stereocenters. The number of amides is 1. The van der Waals surface area contributed by atoms with Gasteiger partial charge in [-0.15, -0.1) is 0 Å². The number of hydrogen-bond acceptors (Lipinski definition) is 5. The Morgan fingerprint density at radius 2 is 1.89 bits per heavy atom. The Hall–Kier alpha value is -1.93. The molecule has 1 aromatic carbocycles. The monoisotopic (exact) mass is 394 g/mol. The van der Waals surface area contributed by atoms with E-state index in [4.69, 9.17) is 4.74 Å². The highest BCUT2D eigenvalue weighted by molar-refractivity contribution is 7.88. The number of hydrogen-bond donors (Lipinski definition) is 1. The lowest BCUT2D eigenvalue weighted by Gasteiger charge is -2.29. The summed E-state index contributed by atoms with van der Waals surface area (Å²) in [4.78, 5) is 24.4. The molecule has 7 nitrogen and oxygen atoms in total. The molecule has 1 fully saturated rings. The first-order chi connectivity index (χ1) is 12.8. The molecule has 8 heteroatoms. The van der Waals surface area contributed by atoms with Gasteiger partial charge in [0.2, 0.25) is 10.0 Å². The largest absolute Gasteiger partial charge is 0.455 e. The number of esters is 1. The first-order valence-corrected chi connectivity index (χ1v) is 11.2. The van der Waals surface area contributed by atoms with Crippen LogP contribution >= 0.6 is 0 Å². The summed E-state index contributed by atoms with van der Waals surface area (Å²) in [7, 11) is -3.22. The van der Waals surface area contributed by atoms with E-state index in [-0.39, 0.29) is 24.5 Å². The predicted octanol–water partition coefficient (Wildman–Crippen LogP) is 1.39. The third-order valence-corrected chi connectivity index (χ3v) is 6.61. The molecule has 0 bridgehead atoms. The number of ether oxygens (including phenoxy) is 1. The van der Waals surface area contributed by atoms with E-state index in [0.717, 1.165) is 24.8 Å². The molecule has 148 valence electrons. The lowest BCUT2D eigenvalue weighted by molar-refractivity contribution is -0.153. The standard InChI is InChI=1S/C19H26N2O5S/c1-27(24,25)21-11-9-15(10-12-21)19(23)26-13-18(22)20-17-8-4-6-14-5-2-3-7-16(14)17/h2-3,5,7,15,17H,4,6,8-13H2,1H3,(H,20,22). The maximum Gasteiger partial charge on any atom is 0.309 e. The number of carbonyl (C=O) groups excluding carboxylic acids is 2. The second kappa shape index (κ2) is 8.39. The summed E-state index contributed by atoms with van der Waals surface area (Å²) in [5, 5.41) is 2.96.